The molecule has 7 heteroatoms. The molecule has 0 aliphatic heterocycles. The molecule has 0 aliphatic rings. The minimum absolute atomic E-state index is 0.0835. The second-order valence-corrected chi connectivity index (χ2v) is 4.69. The second kappa shape index (κ2) is 5.62. The molecular weight excluding hydrogens is 342 g/mol. The van der Waals surface area contributed by atoms with Gasteiger partial charge in [0.2, 0.25) is 0 Å². The molecule has 0 heterocycles. The van der Waals surface area contributed by atoms with Crippen LogP contribution in [0.25, 0.3) is 0 Å². The Morgan fingerprint density at radius 2 is 1.60 bits per heavy atom. The zero-order valence-electron chi connectivity index (χ0n) is 9.68. The van der Waals surface area contributed by atoms with E-state index in [0.29, 0.717) is 16.6 Å². The predicted octanol–water partition coefficient (Wildman–Crippen LogP) is 4.26. The first-order valence-corrected chi connectivity index (χ1v) is 6.08. The average molecular weight is 348 g/mol. The molecule has 2 aromatic carbocycles. The van der Waals surface area contributed by atoms with E-state index in [9.17, 15) is 22.4 Å². The molecule has 2 nitrogen and oxygen atoms in total. The van der Waals surface area contributed by atoms with Crippen LogP contribution in [0.5, 0.6) is 0 Å². The molecule has 0 spiro atoms. The molecule has 0 aromatic heterocycles. The number of carbonyl (C=O) groups excluding carboxylic acids is 1. The monoisotopic (exact) mass is 347 g/mol. The molecule has 1 amide bonds. The topological polar surface area (TPSA) is 29.1 Å². The van der Waals surface area contributed by atoms with E-state index >= 15 is 0 Å². The third-order valence-corrected chi connectivity index (χ3v) is 3.11. The van der Waals surface area contributed by atoms with Crippen molar-refractivity contribution >= 4 is 27.5 Å². The quantitative estimate of drug-likeness (QED) is 0.638. The number of carbonyl (C=O) groups is 1. The molecule has 0 aliphatic carbocycles. The van der Waals surface area contributed by atoms with E-state index in [0.717, 1.165) is 12.1 Å². The van der Waals surface area contributed by atoms with Crippen molar-refractivity contribution in [2.45, 2.75) is 0 Å². The van der Waals surface area contributed by atoms with Crippen molar-refractivity contribution < 1.29 is 22.4 Å². The average Bonchev–Trinajstić information content (AvgIpc) is 2.39. The van der Waals surface area contributed by atoms with Gasteiger partial charge in [-0.2, -0.15) is 0 Å². The van der Waals surface area contributed by atoms with Gasteiger partial charge in [-0.1, -0.05) is 0 Å². The van der Waals surface area contributed by atoms with Crippen LogP contribution < -0.4 is 5.32 Å². The molecule has 104 valence electrons. The lowest BCUT2D eigenvalue weighted by molar-refractivity contribution is 0.102. The molecule has 0 bridgehead atoms. The summed E-state index contributed by atoms with van der Waals surface area (Å²) in [5, 5.41) is 2.26. The van der Waals surface area contributed by atoms with Gasteiger partial charge in [0.25, 0.3) is 5.91 Å². The largest absolute Gasteiger partial charge is 0.321 e. The summed E-state index contributed by atoms with van der Waals surface area (Å²) in [4.78, 5) is 11.8. The van der Waals surface area contributed by atoms with Crippen LogP contribution in [0.4, 0.5) is 23.2 Å². The van der Waals surface area contributed by atoms with E-state index in [2.05, 4.69) is 21.2 Å². The summed E-state index contributed by atoms with van der Waals surface area (Å²) in [7, 11) is 0. The summed E-state index contributed by atoms with van der Waals surface area (Å²) in [5.74, 6) is -6.11. The van der Waals surface area contributed by atoms with Crippen molar-refractivity contribution in [3.05, 3.63) is 63.6 Å². The van der Waals surface area contributed by atoms with Crippen LogP contribution >= 0.6 is 15.9 Å². The number of halogens is 5. The number of amides is 1. The standard InChI is InChI=1S/C13H6BrF4NO/c14-8-2-1-7(15)5-11(8)19-13(20)6-3-9(16)12(18)10(17)4-6/h1-5H,(H,19,20). The van der Waals surface area contributed by atoms with Crippen LogP contribution in [0.2, 0.25) is 0 Å². The first kappa shape index (κ1) is 14.5. The van der Waals surface area contributed by atoms with Gasteiger partial charge < -0.3 is 5.32 Å². The Bertz CT molecular complexity index is 667. The van der Waals surface area contributed by atoms with Crippen molar-refractivity contribution in [1.82, 2.24) is 0 Å². The van der Waals surface area contributed by atoms with Gasteiger partial charge in [0.15, 0.2) is 17.5 Å². The fourth-order valence-corrected chi connectivity index (χ4v) is 1.82. The van der Waals surface area contributed by atoms with Crippen molar-refractivity contribution in [2.24, 2.45) is 0 Å². The van der Waals surface area contributed by atoms with Gasteiger partial charge in [-0.3, -0.25) is 4.79 Å². The van der Waals surface area contributed by atoms with Crippen LogP contribution in [-0.4, -0.2) is 5.91 Å². The maximum Gasteiger partial charge on any atom is 0.255 e. The van der Waals surface area contributed by atoms with E-state index in [1.807, 2.05) is 0 Å². The van der Waals surface area contributed by atoms with Gasteiger partial charge in [0.1, 0.15) is 5.82 Å². The number of anilines is 1. The highest BCUT2D eigenvalue weighted by Gasteiger charge is 2.16. The first-order chi connectivity index (χ1) is 9.38. The summed E-state index contributed by atoms with van der Waals surface area (Å²) < 4.78 is 52.2. The lowest BCUT2D eigenvalue weighted by Gasteiger charge is -2.08. The third-order valence-electron chi connectivity index (χ3n) is 2.42. The SMILES string of the molecule is O=C(Nc1cc(F)ccc1Br)c1cc(F)c(F)c(F)c1. The predicted molar refractivity (Wildman–Crippen MR) is 68.4 cm³/mol. The number of hydrogen-bond donors (Lipinski definition) is 1. The zero-order chi connectivity index (χ0) is 14.9. The molecule has 0 atom stereocenters. The molecule has 0 fully saturated rings. The number of benzene rings is 2. The van der Waals surface area contributed by atoms with Crippen LogP contribution in [0.15, 0.2) is 34.8 Å². The van der Waals surface area contributed by atoms with E-state index in [4.69, 9.17) is 0 Å². The molecule has 2 aromatic rings. The highest BCUT2D eigenvalue weighted by molar-refractivity contribution is 9.10. The van der Waals surface area contributed by atoms with Crippen LogP contribution in [0.1, 0.15) is 10.4 Å². The summed E-state index contributed by atoms with van der Waals surface area (Å²) in [6, 6.07) is 4.66. The van der Waals surface area contributed by atoms with Crippen molar-refractivity contribution in [3.8, 4) is 0 Å². The van der Waals surface area contributed by atoms with Gasteiger partial charge in [0.05, 0.1) is 5.69 Å². The number of nitrogens with one attached hydrogen (secondary N) is 1. The van der Waals surface area contributed by atoms with Gasteiger partial charge >= 0.3 is 0 Å². The maximum absolute atomic E-state index is 13.0. The number of hydrogen-bond acceptors (Lipinski definition) is 1. The maximum atomic E-state index is 13.0. The molecular formula is C13H6BrF4NO. The van der Waals surface area contributed by atoms with Crippen LogP contribution in [0.3, 0.4) is 0 Å². The van der Waals surface area contributed by atoms with Crippen molar-refractivity contribution in [2.75, 3.05) is 5.32 Å². The molecule has 0 unspecified atom stereocenters. The summed E-state index contributed by atoms with van der Waals surface area (Å²) in [6.07, 6.45) is 0. The third kappa shape index (κ3) is 2.98. The first-order valence-electron chi connectivity index (χ1n) is 5.29. The number of rotatable bonds is 2. The van der Waals surface area contributed by atoms with E-state index < -0.39 is 34.7 Å². The highest BCUT2D eigenvalue weighted by Crippen LogP contribution is 2.24. The minimum Gasteiger partial charge on any atom is -0.321 e. The molecule has 1 N–H and O–H groups in total. The Morgan fingerprint density at radius 1 is 1.00 bits per heavy atom. The van der Waals surface area contributed by atoms with Crippen LogP contribution in [0, 0.1) is 23.3 Å². The lowest BCUT2D eigenvalue weighted by Crippen LogP contribution is -2.13. The fraction of sp³-hybridized carbons (Fsp3) is 0. The smallest absolute Gasteiger partial charge is 0.255 e. The molecule has 20 heavy (non-hydrogen) atoms. The van der Waals surface area contributed by atoms with E-state index in [1.54, 1.807) is 0 Å². The Balaban J connectivity index is 2.31. The van der Waals surface area contributed by atoms with Gasteiger partial charge in [-0.05, 0) is 46.3 Å². The van der Waals surface area contributed by atoms with Gasteiger partial charge in [-0.25, -0.2) is 17.6 Å². The molecule has 2 rings (SSSR count). The Hall–Kier alpha value is -1.89. The zero-order valence-corrected chi connectivity index (χ0v) is 11.3. The lowest BCUT2D eigenvalue weighted by atomic mass is 10.2. The molecule has 0 radical (unpaired) electrons. The Kier molecular flexibility index (Phi) is 4.08. The highest BCUT2D eigenvalue weighted by atomic mass is 79.9. The fourth-order valence-electron chi connectivity index (χ4n) is 1.47. The van der Waals surface area contributed by atoms with Gasteiger partial charge in [0, 0.05) is 10.0 Å². The summed E-state index contributed by atoms with van der Waals surface area (Å²) in [5.41, 5.74) is -0.335. The molecule has 0 saturated carbocycles. The van der Waals surface area contributed by atoms with Crippen molar-refractivity contribution in [3.63, 3.8) is 0 Å². The second-order valence-electron chi connectivity index (χ2n) is 3.83. The molecule has 0 saturated heterocycles. The van der Waals surface area contributed by atoms with E-state index in [-0.39, 0.29) is 5.69 Å². The Labute approximate surface area is 119 Å². The minimum atomic E-state index is -1.66. The summed E-state index contributed by atoms with van der Waals surface area (Å²) in [6.45, 7) is 0. The van der Waals surface area contributed by atoms with Crippen molar-refractivity contribution in [1.29, 1.82) is 0 Å². The van der Waals surface area contributed by atoms with E-state index in [1.165, 1.54) is 6.07 Å². The van der Waals surface area contributed by atoms with Crippen LogP contribution in [-0.2, 0) is 0 Å². The Morgan fingerprint density at radius 3 is 2.20 bits per heavy atom. The summed E-state index contributed by atoms with van der Waals surface area (Å²) >= 11 is 3.08. The normalized spacial score (nSPS) is 10.4. The van der Waals surface area contributed by atoms with Gasteiger partial charge in [-0.15, -0.1) is 0 Å².